The lowest BCUT2D eigenvalue weighted by Crippen LogP contribution is -2.43. The first-order valence-electron chi connectivity index (χ1n) is 11.7. The number of nitrogens with zero attached hydrogens (tertiary/aromatic N) is 4. The quantitative estimate of drug-likeness (QED) is 0.147. The van der Waals surface area contributed by atoms with Crippen molar-refractivity contribution in [3.63, 3.8) is 0 Å². The summed E-state index contributed by atoms with van der Waals surface area (Å²) in [6, 6.07) is 13.8. The summed E-state index contributed by atoms with van der Waals surface area (Å²) in [5.41, 5.74) is 2.32. The fourth-order valence-corrected chi connectivity index (χ4v) is 7.05. The number of aromatic nitrogens is 2. The van der Waals surface area contributed by atoms with E-state index in [4.69, 9.17) is 11.6 Å². The Labute approximate surface area is 226 Å². The van der Waals surface area contributed by atoms with Crippen molar-refractivity contribution >= 4 is 57.2 Å². The Hall–Kier alpha value is -3.08. The number of carbonyl (C=O) groups excluding carboxylic acids is 2. The van der Waals surface area contributed by atoms with Gasteiger partial charge in [0, 0.05) is 52.9 Å². The van der Waals surface area contributed by atoms with Gasteiger partial charge in [-0.15, -0.1) is 10.2 Å². The summed E-state index contributed by atoms with van der Waals surface area (Å²) in [6.45, 7) is 4.00. The van der Waals surface area contributed by atoms with Crippen LogP contribution in [-0.4, -0.2) is 26.8 Å². The molecule has 2 aliphatic rings. The van der Waals surface area contributed by atoms with Crippen molar-refractivity contribution in [2.75, 3.05) is 4.90 Å². The van der Waals surface area contributed by atoms with Crippen LogP contribution in [0.25, 0.3) is 0 Å². The van der Waals surface area contributed by atoms with Gasteiger partial charge in [0.25, 0.3) is 5.69 Å². The van der Waals surface area contributed by atoms with Crippen LogP contribution >= 0.6 is 34.7 Å². The van der Waals surface area contributed by atoms with Crippen LogP contribution in [0.5, 0.6) is 0 Å². The lowest BCUT2D eigenvalue weighted by atomic mass is 9.69. The highest BCUT2D eigenvalue weighted by Crippen LogP contribution is 2.49. The summed E-state index contributed by atoms with van der Waals surface area (Å²) < 4.78 is 0.687. The molecule has 0 saturated carbocycles. The maximum Gasteiger partial charge on any atom is 0.269 e. The second kappa shape index (κ2) is 10.00. The Kier molecular flexibility index (Phi) is 6.91. The zero-order valence-corrected chi connectivity index (χ0v) is 22.5. The molecule has 3 aromatic rings. The number of anilines is 1. The fraction of sp³-hybridized carbons (Fsp3) is 0.308. The van der Waals surface area contributed by atoms with Crippen LogP contribution in [0.1, 0.15) is 50.2 Å². The molecule has 0 spiro atoms. The Morgan fingerprint density at radius 1 is 1.16 bits per heavy atom. The number of nitro groups is 1. The molecule has 1 atom stereocenters. The van der Waals surface area contributed by atoms with Crippen molar-refractivity contribution in [1.82, 2.24) is 10.2 Å². The molecule has 1 amide bonds. The van der Waals surface area contributed by atoms with Crippen molar-refractivity contribution < 1.29 is 14.5 Å². The Morgan fingerprint density at radius 3 is 2.70 bits per heavy atom. The average Bonchev–Trinajstić information content (AvgIpc) is 3.30. The predicted molar refractivity (Wildman–Crippen MR) is 144 cm³/mol. The van der Waals surface area contributed by atoms with Gasteiger partial charge in [0.05, 0.1) is 4.92 Å². The molecule has 37 heavy (non-hydrogen) atoms. The number of thioether (sulfide) groups is 1. The van der Waals surface area contributed by atoms with Gasteiger partial charge in [0.1, 0.15) is 0 Å². The Bertz CT molecular complexity index is 1450. The van der Waals surface area contributed by atoms with E-state index in [1.165, 1.54) is 35.2 Å². The second-order valence-corrected chi connectivity index (χ2v) is 12.5. The van der Waals surface area contributed by atoms with Crippen LogP contribution in [0.3, 0.4) is 0 Å². The molecule has 0 saturated heterocycles. The van der Waals surface area contributed by atoms with Gasteiger partial charge in [-0.2, -0.15) is 0 Å². The third kappa shape index (κ3) is 5.18. The molecule has 190 valence electrons. The molecule has 8 nitrogen and oxygen atoms in total. The number of allylic oxidation sites excluding steroid dienone is 2. The minimum absolute atomic E-state index is 0.0217. The molecule has 11 heteroatoms. The van der Waals surface area contributed by atoms with Crippen molar-refractivity contribution in [3.05, 3.63) is 86.1 Å². The standard InChI is InChI=1S/C26H23ClN4O4S2/c1-26(2)12-20-23(21(32)13-26)18(15-7-5-8-17(10-15)31(34)35)11-22(33)30(20)24-28-29-25(37-24)36-14-16-6-3-4-9-19(16)27/h3-10,18H,11-14H2,1-2H3. The molecule has 0 bridgehead atoms. The first-order valence-corrected chi connectivity index (χ1v) is 13.8. The number of nitro benzene ring substituents is 1. The van der Waals surface area contributed by atoms with Crippen LogP contribution in [0, 0.1) is 15.5 Å². The predicted octanol–water partition coefficient (Wildman–Crippen LogP) is 6.56. The molecule has 5 rings (SSSR count). The van der Waals surface area contributed by atoms with E-state index in [0.29, 0.717) is 49.9 Å². The topological polar surface area (TPSA) is 106 Å². The molecule has 1 aliphatic carbocycles. The number of benzene rings is 2. The van der Waals surface area contributed by atoms with Gasteiger partial charge in [-0.05, 0) is 29.0 Å². The number of carbonyl (C=O) groups is 2. The normalized spacial score (nSPS) is 19.2. The van der Waals surface area contributed by atoms with Gasteiger partial charge in [-0.3, -0.25) is 24.6 Å². The van der Waals surface area contributed by atoms with E-state index >= 15 is 0 Å². The van der Waals surface area contributed by atoms with E-state index < -0.39 is 10.8 Å². The summed E-state index contributed by atoms with van der Waals surface area (Å²) in [6.07, 6.45) is 0.870. The van der Waals surface area contributed by atoms with Crippen LogP contribution < -0.4 is 4.90 Å². The summed E-state index contributed by atoms with van der Waals surface area (Å²) >= 11 is 9.05. The van der Waals surface area contributed by atoms with Gasteiger partial charge < -0.3 is 0 Å². The van der Waals surface area contributed by atoms with Crippen LogP contribution in [0.4, 0.5) is 10.8 Å². The van der Waals surface area contributed by atoms with Crippen LogP contribution in [-0.2, 0) is 15.3 Å². The fourth-order valence-electron chi connectivity index (χ4n) is 4.88. The zero-order valence-electron chi connectivity index (χ0n) is 20.1. The molecular weight excluding hydrogens is 532 g/mol. The minimum Gasteiger partial charge on any atom is -0.294 e. The first-order chi connectivity index (χ1) is 17.6. The summed E-state index contributed by atoms with van der Waals surface area (Å²) in [5.74, 6) is -0.182. The van der Waals surface area contributed by atoms with Gasteiger partial charge in [0.15, 0.2) is 10.1 Å². The zero-order chi connectivity index (χ0) is 26.3. The third-order valence-electron chi connectivity index (χ3n) is 6.52. The summed E-state index contributed by atoms with van der Waals surface area (Å²) in [5, 5.41) is 21.1. The molecule has 0 fully saturated rings. The highest BCUT2D eigenvalue weighted by molar-refractivity contribution is 8.00. The highest BCUT2D eigenvalue weighted by atomic mass is 35.5. The first kappa shape index (κ1) is 25.6. The van der Waals surface area contributed by atoms with Gasteiger partial charge in [0.2, 0.25) is 11.0 Å². The van der Waals surface area contributed by atoms with Crippen molar-refractivity contribution in [3.8, 4) is 0 Å². The van der Waals surface area contributed by atoms with Crippen molar-refractivity contribution in [2.24, 2.45) is 5.41 Å². The van der Waals surface area contributed by atoms with Crippen LogP contribution in [0.2, 0.25) is 5.02 Å². The number of hydrogen-bond donors (Lipinski definition) is 0. The van der Waals surface area contributed by atoms with Gasteiger partial charge in [-0.25, -0.2) is 0 Å². The highest BCUT2D eigenvalue weighted by Gasteiger charge is 2.45. The molecule has 0 radical (unpaired) electrons. The largest absolute Gasteiger partial charge is 0.294 e. The lowest BCUT2D eigenvalue weighted by molar-refractivity contribution is -0.384. The molecule has 1 aliphatic heterocycles. The minimum atomic E-state index is -0.538. The SMILES string of the molecule is CC1(C)CC(=O)C2=C(C1)N(c1nnc(SCc3ccccc3Cl)s1)C(=O)CC2c1cccc([N+](=O)[O-])c1. The molecule has 2 aromatic carbocycles. The maximum atomic E-state index is 13.6. The van der Waals surface area contributed by atoms with E-state index in [1.54, 1.807) is 17.0 Å². The molecule has 1 aromatic heterocycles. The number of Topliss-reactive ketones (excluding diaryl/α,β-unsaturated/α-hetero) is 1. The van der Waals surface area contributed by atoms with Crippen molar-refractivity contribution in [1.29, 1.82) is 0 Å². The second-order valence-electron chi connectivity index (χ2n) is 9.87. The van der Waals surface area contributed by atoms with E-state index in [2.05, 4.69) is 10.2 Å². The number of halogens is 1. The Morgan fingerprint density at radius 2 is 1.95 bits per heavy atom. The average molecular weight is 555 g/mol. The number of ketones is 1. The van der Waals surface area contributed by atoms with E-state index in [9.17, 15) is 19.7 Å². The van der Waals surface area contributed by atoms with Crippen molar-refractivity contribution in [2.45, 2.75) is 49.1 Å². The summed E-state index contributed by atoms with van der Waals surface area (Å²) in [4.78, 5) is 39.4. The lowest BCUT2D eigenvalue weighted by Gasteiger charge is -2.41. The third-order valence-corrected chi connectivity index (χ3v) is 8.98. The van der Waals surface area contributed by atoms with Gasteiger partial charge >= 0.3 is 0 Å². The molecule has 1 unspecified atom stereocenters. The van der Waals surface area contributed by atoms with E-state index in [0.717, 1.165) is 5.56 Å². The number of rotatable bonds is 6. The summed E-state index contributed by atoms with van der Waals surface area (Å²) in [7, 11) is 0. The Balaban J connectivity index is 1.51. The van der Waals surface area contributed by atoms with E-state index in [1.807, 2.05) is 38.1 Å². The molecule has 0 N–H and O–H groups in total. The smallest absolute Gasteiger partial charge is 0.269 e. The van der Waals surface area contributed by atoms with E-state index in [-0.39, 0.29) is 29.2 Å². The number of amides is 1. The molecular formula is C26H23ClN4O4S2. The van der Waals surface area contributed by atoms with Crippen LogP contribution in [0.15, 0.2) is 64.1 Å². The van der Waals surface area contributed by atoms with Gasteiger partial charge in [-0.1, -0.05) is 78.9 Å². The number of non-ortho nitro benzene ring substituents is 1. The maximum absolute atomic E-state index is 13.6. The molecule has 2 heterocycles. The number of hydrogen-bond acceptors (Lipinski definition) is 8. The monoisotopic (exact) mass is 554 g/mol.